The van der Waals surface area contributed by atoms with Crippen molar-refractivity contribution in [3.63, 3.8) is 0 Å². The maximum absolute atomic E-state index is 6.07. The standard InChI is InChI=1S/C21H15N5O2/c1-2-4-17-16(3-1)27-10-18(28-17)21-25-14-6-5-12(9-15(14)26-21)19-13-7-8-22-20(13)24-11-23-19/h1-9,11,18H,10H2,(H,25,26)(H,22,23,24). The molecule has 2 aromatic carbocycles. The first-order valence-electron chi connectivity index (χ1n) is 9.02. The third-order valence-corrected chi connectivity index (χ3v) is 4.94. The largest absolute Gasteiger partial charge is 0.485 e. The second kappa shape index (κ2) is 5.82. The van der Waals surface area contributed by atoms with E-state index in [1.54, 1.807) is 6.33 Å². The first-order valence-corrected chi connectivity index (χ1v) is 9.02. The Kier molecular flexibility index (Phi) is 3.16. The predicted molar refractivity (Wildman–Crippen MR) is 104 cm³/mol. The number of hydrogen-bond acceptors (Lipinski definition) is 5. The minimum Gasteiger partial charge on any atom is -0.485 e. The number of H-pyrrole nitrogens is 2. The summed E-state index contributed by atoms with van der Waals surface area (Å²) in [5.74, 6) is 2.24. The number of nitrogens with zero attached hydrogens (tertiary/aromatic N) is 3. The molecule has 6 rings (SSSR count). The van der Waals surface area contributed by atoms with Gasteiger partial charge in [0.05, 0.1) is 16.7 Å². The lowest BCUT2D eigenvalue weighted by Crippen LogP contribution is -2.22. The van der Waals surface area contributed by atoms with Crippen LogP contribution in [-0.4, -0.2) is 31.5 Å². The minimum absolute atomic E-state index is 0.277. The Labute approximate surface area is 159 Å². The summed E-state index contributed by atoms with van der Waals surface area (Å²) in [7, 11) is 0. The maximum Gasteiger partial charge on any atom is 0.190 e. The molecule has 1 aliphatic rings. The van der Waals surface area contributed by atoms with E-state index in [0.717, 1.165) is 50.6 Å². The van der Waals surface area contributed by atoms with Gasteiger partial charge in [-0.3, -0.25) is 0 Å². The molecule has 0 amide bonds. The molecule has 1 aliphatic heterocycles. The number of benzene rings is 2. The number of para-hydroxylation sites is 2. The highest BCUT2D eigenvalue weighted by atomic mass is 16.6. The molecule has 28 heavy (non-hydrogen) atoms. The second-order valence-corrected chi connectivity index (χ2v) is 6.68. The van der Waals surface area contributed by atoms with Crippen molar-refractivity contribution in [1.29, 1.82) is 0 Å². The number of aromatic amines is 2. The van der Waals surface area contributed by atoms with Crippen molar-refractivity contribution >= 4 is 22.1 Å². The third kappa shape index (κ3) is 2.33. The number of rotatable bonds is 2. The summed E-state index contributed by atoms with van der Waals surface area (Å²) in [6, 6.07) is 15.7. The molecule has 0 aliphatic carbocycles. The molecule has 3 aromatic heterocycles. The van der Waals surface area contributed by atoms with Gasteiger partial charge in [-0.05, 0) is 30.3 Å². The fourth-order valence-corrected chi connectivity index (χ4v) is 3.59. The topological polar surface area (TPSA) is 88.7 Å². The Morgan fingerprint density at radius 1 is 1.00 bits per heavy atom. The molecular weight excluding hydrogens is 354 g/mol. The van der Waals surface area contributed by atoms with E-state index in [2.05, 4.69) is 26.0 Å². The van der Waals surface area contributed by atoms with E-state index in [1.807, 2.05) is 48.7 Å². The third-order valence-electron chi connectivity index (χ3n) is 4.94. The van der Waals surface area contributed by atoms with E-state index in [9.17, 15) is 0 Å². The van der Waals surface area contributed by atoms with Crippen molar-refractivity contribution in [3.8, 4) is 22.8 Å². The quantitative estimate of drug-likeness (QED) is 0.491. The zero-order chi connectivity index (χ0) is 18.5. The Balaban J connectivity index is 1.39. The maximum atomic E-state index is 6.07. The summed E-state index contributed by atoms with van der Waals surface area (Å²) in [6.07, 6.45) is 3.16. The zero-order valence-electron chi connectivity index (χ0n) is 14.7. The number of fused-ring (bicyclic) bond motifs is 3. The summed E-state index contributed by atoms with van der Waals surface area (Å²) in [4.78, 5) is 19.9. The average molecular weight is 369 g/mol. The lowest BCUT2D eigenvalue weighted by Gasteiger charge is -2.24. The fourth-order valence-electron chi connectivity index (χ4n) is 3.59. The van der Waals surface area contributed by atoms with E-state index in [-0.39, 0.29) is 6.10 Å². The Bertz CT molecular complexity index is 1320. The highest BCUT2D eigenvalue weighted by Gasteiger charge is 2.25. The van der Waals surface area contributed by atoms with E-state index in [0.29, 0.717) is 6.61 Å². The van der Waals surface area contributed by atoms with Crippen molar-refractivity contribution < 1.29 is 9.47 Å². The van der Waals surface area contributed by atoms with Gasteiger partial charge in [-0.15, -0.1) is 0 Å². The molecule has 7 nitrogen and oxygen atoms in total. The molecule has 0 bridgehead atoms. The first kappa shape index (κ1) is 15.2. The van der Waals surface area contributed by atoms with Crippen LogP contribution in [0.1, 0.15) is 11.9 Å². The van der Waals surface area contributed by atoms with Crippen molar-refractivity contribution in [2.45, 2.75) is 6.10 Å². The monoisotopic (exact) mass is 369 g/mol. The van der Waals surface area contributed by atoms with Gasteiger partial charge >= 0.3 is 0 Å². The molecule has 1 unspecified atom stereocenters. The SMILES string of the molecule is c1ccc2c(c1)OCC(c1nc3ccc(-c4ncnc5[nH]ccc45)cc3[nH]1)O2. The second-order valence-electron chi connectivity index (χ2n) is 6.68. The Hall–Kier alpha value is -3.87. The molecular formula is C21H15N5O2. The molecule has 0 saturated carbocycles. The lowest BCUT2D eigenvalue weighted by atomic mass is 10.1. The van der Waals surface area contributed by atoms with Gasteiger partial charge in [0.2, 0.25) is 0 Å². The number of ether oxygens (including phenoxy) is 2. The smallest absolute Gasteiger partial charge is 0.190 e. The van der Waals surface area contributed by atoms with Crippen LogP contribution in [-0.2, 0) is 0 Å². The van der Waals surface area contributed by atoms with Crippen LogP contribution in [0.15, 0.2) is 61.1 Å². The summed E-state index contributed by atoms with van der Waals surface area (Å²) in [5.41, 5.74) is 4.51. The number of imidazole rings is 1. The zero-order valence-corrected chi connectivity index (χ0v) is 14.7. The molecule has 0 radical (unpaired) electrons. The van der Waals surface area contributed by atoms with E-state index >= 15 is 0 Å². The molecule has 2 N–H and O–H groups in total. The van der Waals surface area contributed by atoms with Gasteiger partial charge in [0.15, 0.2) is 23.4 Å². The first-order chi connectivity index (χ1) is 13.8. The van der Waals surface area contributed by atoms with Crippen LogP contribution in [0.2, 0.25) is 0 Å². The van der Waals surface area contributed by atoms with Crippen LogP contribution >= 0.6 is 0 Å². The van der Waals surface area contributed by atoms with E-state index in [1.165, 1.54) is 0 Å². The molecule has 7 heteroatoms. The van der Waals surface area contributed by atoms with Crippen molar-refractivity contribution in [3.05, 3.63) is 66.9 Å². The van der Waals surface area contributed by atoms with Crippen molar-refractivity contribution in [1.82, 2.24) is 24.9 Å². The number of aromatic nitrogens is 5. The van der Waals surface area contributed by atoms with Gasteiger partial charge in [0.1, 0.15) is 18.6 Å². The van der Waals surface area contributed by atoms with Crippen LogP contribution in [0.4, 0.5) is 0 Å². The van der Waals surface area contributed by atoms with E-state index < -0.39 is 0 Å². The molecule has 5 aromatic rings. The van der Waals surface area contributed by atoms with Crippen LogP contribution in [0.5, 0.6) is 11.5 Å². The van der Waals surface area contributed by atoms with Crippen LogP contribution in [0.3, 0.4) is 0 Å². The molecule has 0 fully saturated rings. The fraction of sp³-hybridized carbons (Fsp3) is 0.0952. The summed E-state index contributed by atoms with van der Waals surface area (Å²) in [6.45, 7) is 0.416. The minimum atomic E-state index is -0.277. The molecule has 4 heterocycles. The molecule has 1 atom stereocenters. The highest BCUT2D eigenvalue weighted by Crippen LogP contribution is 2.36. The van der Waals surface area contributed by atoms with Gasteiger partial charge in [0.25, 0.3) is 0 Å². The van der Waals surface area contributed by atoms with Gasteiger partial charge < -0.3 is 19.4 Å². The number of hydrogen-bond donors (Lipinski definition) is 2. The van der Waals surface area contributed by atoms with Crippen LogP contribution in [0.25, 0.3) is 33.3 Å². The molecule has 0 saturated heterocycles. The Morgan fingerprint density at radius 2 is 1.93 bits per heavy atom. The van der Waals surface area contributed by atoms with Gasteiger partial charge in [-0.2, -0.15) is 0 Å². The molecule has 136 valence electrons. The van der Waals surface area contributed by atoms with Gasteiger partial charge in [-0.1, -0.05) is 18.2 Å². The molecule has 0 spiro atoms. The van der Waals surface area contributed by atoms with Crippen molar-refractivity contribution in [2.24, 2.45) is 0 Å². The van der Waals surface area contributed by atoms with Crippen LogP contribution < -0.4 is 9.47 Å². The normalized spacial score (nSPS) is 15.9. The summed E-state index contributed by atoms with van der Waals surface area (Å²) < 4.78 is 11.9. The van der Waals surface area contributed by atoms with Crippen LogP contribution in [0, 0.1) is 0 Å². The Morgan fingerprint density at radius 3 is 2.89 bits per heavy atom. The lowest BCUT2D eigenvalue weighted by molar-refractivity contribution is 0.0859. The van der Waals surface area contributed by atoms with E-state index in [4.69, 9.17) is 14.5 Å². The highest BCUT2D eigenvalue weighted by molar-refractivity contribution is 5.93. The number of nitrogens with one attached hydrogen (secondary N) is 2. The predicted octanol–water partition coefficient (Wildman–Crippen LogP) is 4.01. The van der Waals surface area contributed by atoms with Gasteiger partial charge in [0, 0.05) is 17.1 Å². The summed E-state index contributed by atoms with van der Waals surface area (Å²) >= 11 is 0. The van der Waals surface area contributed by atoms with Crippen molar-refractivity contribution in [2.75, 3.05) is 6.61 Å². The summed E-state index contributed by atoms with van der Waals surface area (Å²) in [5, 5.41) is 0.988. The average Bonchev–Trinajstić information content (AvgIpc) is 3.39. The van der Waals surface area contributed by atoms with Gasteiger partial charge in [-0.25, -0.2) is 15.0 Å².